The summed E-state index contributed by atoms with van der Waals surface area (Å²) < 4.78 is 13.4. The topological polar surface area (TPSA) is 62.3 Å². The lowest BCUT2D eigenvalue weighted by Crippen LogP contribution is -2.21. The first-order valence-corrected chi connectivity index (χ1v) is 6.93. The van der Waals surface area contributed by atoms with Crippen molar-refractivity contribution < 1.29 is 9.47 Å². The number of ether oxygens (including phenoxy) is 2. The molecule has 0 aliphatic carbocycles. The average molecular weight is 273 g/mol. The molecule has 2 heterocycles. The van der Waals surface area contributed by atoms with Crippen LogP contribution in [0.4, 0.5) is 0 Å². The van der Waals surface area contributed by atoms with Gasteiger partial charge in [0.05, 0.1) is 0 Å². The predicted octanol–water partition coefficient (Wildman–Crippen LogP) is 1.92. The lowest BCUT2D eigenvalue weighted by Gasteiger charge is -2.23. The first-order chi connectivity index (χ1) is 9.79. The second-order valence-electron chi connectivity index (χ2n) is 4.81. The fraction of sp³-hybridized carbons (Fsp3) is 0.400. The van der Waals surface area contributed by atoms with Crippen molar-refractivity contribution in [1.82, 2.24) is 9.55 Å². The van der Waals surface area contributed by atoms with Crippen LogP contribution in [0.25, 0.3) is 0 Å². The third kappa shape index (κ3) is 2.36. The van der Waals surface area contributed by atoms with Gasteiger partial charge in [0, 0.05) is 37.0 Å². The van der Waals surface area contributed by atoms with E-state index in [1.165, 1.54) is 0 Å². The van der Waals surface area contributed by atoms with Gasteiger partial charge in [0.15, 0.2) is 11.5 Å². The lowest BCUT2D eigenvalue weighted by atomic mass is 10.0. The van der Waals surface area contributed by atoms with Crippen LogP contribution in [0, 0.1) is 0 Å². The molecular formula is C15H19N3O2. The maximum Gasteiger partial charge on any atom is 0.166 e. The number of nitrogens with two attached hydrogens (primary N) is 1. The summed E-state index contributed by atoms with van der Waals surface area (Å²) in [6.45, 7) is 4.15. The van der Waals surface area contributed by atoms with Crippen molar-refractivity contribution in [3.63, 3.8) is 0 Å². The minimum absolute atomic E-state index is 0.153. The normalized spacial score (nSPS) is 15.1. The molecule has 1 aromatic carbocycles. The molecule has 0 radical (unpaired) electrons. The third-order valence-electron chi connectivity index (χ3n) is 3.54. The molecule has 5 nitrogen and oxygen atoms in total. The number of para-hydroxylation sites is 1. The maximum absolute atomic E-state index is 6.34. The molecule has 1 atom stereocenters. The smallest absolute Gasteiger partial charge is 0.166 e. The number of fused-ring (bicyclic) bond motifs is 1. The first-order valence-electron chi connectivity index (χ1n) is 6.93. The Kier molecular flexibility index (Phi) is 3.60. The average Bonchev–Trinajstić information content (AvgIpc) is 2.93. The van der Waals surface area contributed by atoms with E-state index < -0.39 is 0 Å². The Morgan fingerprint density at radius 3 is 3.05 bits per heavy atom. The summed E-state index contributed by atoms with van der Waals surface area (Å²) in [5, 5.41) is 0. The number of imidazole rings is 1. The molecule has 0 amide bonds. The van der Waals surface area contributed by atoms with Crippen molar-refractivity contribution >= 4 is 0 Å². The molecule has 0 bridgehead atoms. The molecule has 0 spiro atoms. The molecular weight excluding hydrogens is 254 g/mol. The molecule has 2 aromatic rings. The minimum Gasteiger partial charge on any atom is -0.486 e. The minimum atomic E-state index is -0.153. The fourth-order valence-electron chi connectivity index (χ4n) is 2.51. The van der Waals surface area contributed by atoms with Crippen molar-refractivity contribution in [1.29, 1.82) is 0 Å². The van der Waals surface area contributed by atoms with E-state index in [4.69, 9.17) is 15.2 Å². The highest BCUT2D eigenvalue weighted by atomic mass is 16.6. The van der Waals surface area contributed by atoms with Crippen molar-refractivity contribution in [2.24, 2.45) is 5.73 Å². The zero-order chi connectivity index (χ0) is 13.9. The molecule has 0 fully saturated rings. The van der Waals surface area contributed by atoms with Gasteiger partial charge in [-0.15, -0.1) is 0 Å². The summed E-state index contributed by atoms with van der Waals surface area (Å²) in [7, 11) is 0. The summed E-state index contributed by atoms with van der Waals surface area (Å²) in [6.07, 6.45) is 4.47. The fourth-order valence-corrected chi connectivity index (χ4v) is 2.51. The SMILES string of the molecule is CCn1ccnc1CC(N)c1cccc2c1OCCO2. The molecule has 5 heteroatoms. The van der Waals surface area contributed by atoms with E-state index in [-0.39, 0.29) is 6.04 Å². The Hall–Kier alpha value is -2.01. The zero-order valence-electron chi connectivity index (χ0n) is 11.6. The van der Waals surface area contributed by atoms with Crippen LogP contribution in [0.1, 0.15) is 24.4 Å². The summed E-state index contributed by atoms with van der Waals surface area (Å²) in [6, 6.07) is 5.71. The quantitative estimate of drug-likeness (QED) is 0.924. The summed E-state index contributed by atoms with van der Waals surface area (Å²) in [5.41, 5.74) is 7.32. The van der Waals surface area contributed by atoms with Gasteiger partial charge in [0.2, 0.25) is 0 Å². The second-order valence-corrected chi connectivity index (χ2v) is 4.81. The number of hydrogen-bond acceptors (Lipinski definition) is 4. The van der Waals surface area contributed by atoms with Gasteiger partial charge in [-0.25, -0.2) is 4.98 Å². The van der Waals surface area contributed by atoms with E-state index in [1.54, 1.807) is 0 Å². The summed E-state index contributed by atoms with van der Waals surface area (Å²) in [5.74, 6) is 2.55. The molecule has 0 saturated carbocycles. The van der Waals surface area contributed by atoms with Gasteiger partial charge in [-0.05, 0) is 13.0 Å². The first kappa shape index (κ1) is 13.0. The van der Waals surface area contributed by atoms with Crippen LogP contribution in [0.2, 0.25) is 0 Å². The summed E-state index contributed by atoms with van der Waals surface area (Å²) in [4.78, 5) is 4.38. The molecule has 1 aliphatic rings. The van der Waals surface area contributed by atoms with Gasteiger partial charge in [-0.3, -0.25) is 0 Å². The van der Waals surface area contributed by atoms with E-state index in [1.807, 2.05) is 30.6 Å². The van der Waals surface area contributed by atoms with Gasteiger partial charge < -0.3 is 19.8 Å². The molecule has 3 rings (SSSR count). The molecule has 0 saturated heterocycles. The molecule has 106 valence electrons. The lowest BCUT2D eigenvalue weighted by molar-refractivity contribution is 0.169. The van der Waals surface area contributed by atoms with Crippen LogP contribution in [0.5, 0.6) is 11.5 Å². The van der Waals surface area contributed by atoms with Crippen LogP contribution in [-0.4, -0.2) is 22.8 Å². The second kappa shape index (κ2) is 5.54. The Morgan fingerprint density at radius 1 is 1.35 bits per heavy atom. The van der Waals surface area contributed by atoms with Crippen molar-refractivity contribution in [3.8, 4) is 11.5 Å². The Balaban J connectivity index is 1.86. The number of benzene rings is 1. The van der Waals surface area contributed by atoms with E-state index in [9.17, 15) is 0 Å². The van der Waals surface area contributed by atoms with Gasteiger partial charge in [0.25, 0.3) is 0 Å². The van der Waals surface area contributed by atoms with Gasteiger partial charge in [-0.1, -0.05) is 12.1 Å². The van der Waals surface area contributed by atoms with Crippen LogP contribution in [0.15, 0.2) is 30.6 Å². The predicted molar refractivity (Wildman–Crippen MR) is 76.0 cm³/mol. The van der Waals surface area contributed by atoms with Gasteiger partial charge in [-0.2, -0.15) is 0 Å². The van der Waals surface area contributed by atoms with Crippen LogP contribution >= 0.6 is 0 Å². The monoisotopic (exact) mass is 273 g/mol. The molecule has 1 aromatic heterocycles. The number of aromatic nitrogens is 2. The van der Waals surface area contributed by atoms with Gasteiger partial charge >= 0.3 is 0 Å². The highest BCUT2D eigenvalue weighted by molar-refractivity contribution is 5.49. The number of hydrogen-bond donors (Lipinski definition) is 1. The number of aryl methyl sites for hydroxylation is 1. The van der Waals surface area contributed by atoms with E-state index >= 15 is 0 Å². The molecule has 1 aliphatic heterocycles. The largest absolute Gasteiger partial charge is 0.486 e. The van der Waals surface area contributed by atoms with Crippen molar-refractivity contribution in [2.75, 3.05) is 13.2 Å². The van der Waals surface area contributed by atoms with E-state index in [2.05, 4.69) is 16.5 Å². The van der Waals surface area contributed by atoms with E-state index in [0.717, 1.165) is 29.4 Å². The Labute approximate surface area is 118 Å². The zero-order valence-corrected chi connectivity index (χ0v) is 11.6. The van der Waals surface area contributed by atoms with Crippen molar-refractivity contribution in [2.45, 2.75) is 25.9 Å². The molecule has 20 heavy (non-hydrogen) atoms. The Bertz CT molecular complexity index is 595. The highest BCUT2D eigenvalue weighted by Crippen LogP contribution is 2.36. The van der Waals surface area contributed by atoms with Crippen molar-refractivity contribution in [3.05, 3.63) is 42.0 Å². The standard InChI is InChI=1S/C15H19N3O2/c1-2-18-7-6-17-14(18)10-12(16)11-4-3-5-13-15(11)20-9-8-19-13/h3-7,12H,2,8-10,16H2,1H3. The van der Waals surface area contributed by atoms with Crippen LogP contribution in [0.3, 0.4) is 0 Å². The molecule has 2 N–H and O–H groups in total. The number of nitrogens with zero attached hydrogens (tertiary/aromatic N) is 2. The maximum atomic E-state index is 6.34. The highest BCUT2D eigenvalue weighted by Gasteiger charge is 2.21. The van der Waals surface area contributed by atoms with Crippen LogP contribution in [-0.2, 0) is 13.0 Å². The molecule has 1 unspecified atom stereocenters. The Morgan fingerprint density at radius 2 is 2.20 bits per heavy atom. The third-order valence-corrected chi connectivity index (χ3v) is 3.54. The van der Waals surface area contributed by atoms with E-state index in [0.29, 0.717) is 19.6 Å². The number of rotatable bonds is 4. The van der Waals surface area contributed by atoms with Crippen LogP contribution < -0.4 is 15.2 Å². The summed E-state index contributed by atoms with van der Waals surface area (Å²) >= 11 is 0. The van der Waals surface area contributed by atoms with Gasteiger partial charge in [0.1, 0.15) is 19.0 Å².